The van der Waals surface area contributed by atoms with Gasteiger partial charge < -0.3 is 0 Å². The molecule has 0 radical (unpaired) electrons. The molecule has 0 fully saturated rings. The third-order valence-corrected chi connectivity index (χ3v) is 1.51. The minimum atomic E-state index is -0.643. The first-order valence-corrected chi connectivity index (χ1v) is 3.28. The Morgan fingerprint density at radius 1 is 1.67 bits per heavy atom. The number of carbonyl (C=O) groups is 1. The molecule has 0 saturated heterocycles. The van der Waals surface area contributed by atoms with E-state index in [1.54, 1.807) is 0 Å². The third kappa shape index (κ3) is 1.57. The lowest BCUT2D eigenvalue weighted by atomic mass is 10.3. The van der Waals surface area contributed by atoms with Gasteiger partial charge in [-0.05, 0) is 0 Å². The number of carbonyl (C=O) groups excluding carboxylic acids is 1. The highest BCUT2D eigenvalue weighted by atomic mass is 35.5. The van der Waals surface area contributed by atoms with E-state index in [0.29, 0.717) is 6.29 Å². The highest BCUT2D eigenvalue weighted by Gasteiger charge is 2.09. The largest absolute Gasteiger partial charge is 0.298 e. The van der Waals surface area contributed by atoms with Gasteiger partial charge in [-0.2, -0.15) is 0 Å². The maximum atomic E-state index is 10.3. The third-order valence-electron chi connectivity index (χ3n) is 1.19. The summed E-state index contributed by atoms with van der Waals surface area (Å²) >= 11 is 5.44. The molecule has 6 heteroatoms. The van der Waals surface area contributed by atoms with Gasteiger partial charge in [-0.3, -0.25) is 14.9 Å². The quantitative estimate of drug-likeness (QED) is 0.303. The number of rotatable bonds is 2. The number of halogens is 1. The van der Waals surface area contributed by atoms with Crippen molar-refractivity contribution in [2.24, 2.45) is 0 Å². The Hall–Kier alpha value is -1.49. The van der Waals surface area contributed by atoms with Crippen LogP contribution in [0.1, 0.15) is 10.4 Å². The number of hydrogen-bond donors (Lipinski definition) is 0. The zero-order valence-electron chi connectivity index (χ0n) is 5.73. The Kier molecular flexibility index (Phi) is 2.35. The second-order valence-electron chi connectivity index (χ2n) is 1.95. The maximum absolute atomic E-state index is 10.3. The topological polar surface area (TPSA) is 73.1 Å². The van der Waals surface area contributed by atoms with Crippen LogP contribution in [0, 0.1) is 10.1 Å². The van der Waals surface area contributed by atoms with Crippen LogP contribution in [0.5, 0.6) is 0 Å². The lowest BCUT2D eigenvalue weighted by molar-refractivity contribution is -0.385. The molecule has 0 aliphatic carbocycles. The van der Waals surface area contributed by atoms with E-state index in [1.807, 2.05) is 0 Å². The molecule has 0 aliphatic rings. The van der Waals surface area contributed by atoms with E-state index in [-0.39, 0.29) is 16.4 Å². The highest BCUT2D eigenvalue weighted by molar-refractivity contribution is 6.31. The number of nitro groups is 1. The van der Waals surface area contributed by atoms with Crippen molar-refractivity contribution in [3.63, 3.8) is 0 Å². The summed E-state index contributed by atoms with van der Waals surface area (Å²) in [5.41, 5.74) is -0.229. The van der Waals surface area contributed by atoms with E-state index >= 15 is 0 Å². The van der Waals surface area contributed by atoms with Gasteiger partial charge >= 0.3 is 0 Å². The van der Waals surface area contributed by atoms with Gasteiger partial charge in [0.25, 0.3) is 5.69 Å². The Morgan fingerprint density at radius 2 is 2.33 bits per heavy atom. The Balaban J connectivity index is 3.22. The van der Waals surface area contributed by atoms with Crippen LogP contribution in [-0.2, 0) is 0 Å². The van der Waals surface area contributed by atoms with Crippen molar-refractivity contribution in [2.75, 3.05) is 0 Å². The van der Waals surface area contributed by atoms with Gasteiger partial charge in [0, 0.05) is 6.07 Å². The molecular weight excluding hydrogens is 184 g/mol. The lowest BCUT2D eigenvalue weighted by Gasteiger charge is -1.93. The van der Waals surface area contributed by atoms with Crippen LogP contribution in [0.25, 0.3) is 0 Å². The molecule has 5 nitrogen and oxygen atoms in total. The molecule has 0 saturated carbocycles. The van der Waals surface area contributed by atoms with Gasteiger partial charge in [-0.15, -0.1) is 0 Å². The Bertz CT molecular complexity index is 340. The number of aldehydes is 1. The van der Waals surface area contributed by atoms with Crippen LogP contribution in [0.3, 0.4) is 0 Å². The molecule has 1 aromatic heterocycles. The summed E-state index contributed by atoms with van der Waals surface area (Å²) < 4.78 is 0. The van der Waals surface area contributed by atoms with Crippen LogP contribution < -0.4 is 0 Å². The summed E-state index contributed by atoms with van der Waals surface area (Å²) in [5, 5.41) is 10.2. The monoisotopic (exact) mass is 186 g/mol. The molecule has 1 heterocycles. The van der Waals surface area contributed by atoms with Crippen molar-refractivity contribution >= 4 is 23.6 Å². The molecule has 0 amide bonds. The van der Waals surface area contributed by atoms with Gasteiger partial charge in [0.2, 0.25) is 0 Å². The van der Waals surface area contributed by atoms with Gasteiger partial charge in [0.05, 0.1) is 10.5 Å². The molecule has 0 aromatic carbocycles. The average Bonchev–Trinajstić information content (AvgIpc) is 2.05. The SMILES string of the molecule is O=Cc1cc([N+](=O)[O-])cnc1Cl. The molecule has 0 atom stereocenters. The summed E-state index contributed by atoms with van der Waals surface area (Å²) in [6.07, 6.45) is 1.41. The zero-order valence-corrected chi connectivity index (χ0v) is 6.49. The van der Waals surface area contributed by atoms with Gasteiger partial charge in [-0.25, -0.2) is 4.98 Å². The minimum absolute atomic E-state index is 0.0193. The van der Waals surface area contributed by atoms with Crippen molar-refractivity contribution in [1.82, 2.24) is 4.98 Å². The first kappa shape index (κ1) is 8.61. The smallest absolute Gasteiger partial charge is 0.288 e. The van der Waals surface area contributed by atoms with E-state index < -0.39 is 4.92 Å². The van der Waals surface area contributed by atoms with E-state index in [0.717, 1.165) is 12.3 Å². The molecule has 62 valence electrons. The Labute approximate surface area is 72.1 Å². The standard InChI is InChI=1S/C6H3ClN2O3/c7-6-4(3-10)1-5(2-8-6)9(11)12/h1-3H. The molecule has 12 heavy (non-hydrogen) atoms. The normalized spacial score (nSPS) is 9.42. The molecule has 0 N–H and O–H groups in total. The molecule has 0 aliphatic heterocycles. The second-order valence-corrected chi connectivity index (χ2v) is 2.31. The molecule has 0 bridgehead atoms. The van der Waals surface area contributed by atoms with Crippen LogP contribution in [0.2, 0.25) is 5.15 Å². The van der Waals surface area contributed by atoms with E-state index in [4.69, 9.17) is 11.6 Å². The summed E-state index contributed by atoms with van der Waals surface area (Å²) in [5.74, 6) is 0. The first-order chi connectivity index (χ1) is 5.65. The number of nitrogens with zero attached hydrogens (tertiary/aromatic N) is 2. The summed E-state index contributed by atoms with van der Waals surface area (Å²) in [4.78, 5) is 23.3. The molecule has 0 spiro atoms. The lowest BCUT2D eigenvalue weighted by Crippen LogP contribution is -1.92. The molecule has 1 rings (SSSR count). The predicted molar refractivity (Wildman–Crippen MR) is 41.3 cm³/mol. The van der Waals surface area contributed by atoms with Crippen molar-refractivity contribution < 1.29 is 9.72 Å². The van der Waals surface area contributed by atoms with E-state index in [2.05, 4.69) is 4.98 Å². The highest BCUT2D eigenvalue weighted by Crippen LogP contribution is 2.16. The number of aromatic nitrogens is 1. The summed E-state index contributed by atoms with van der Waals surface area (Å²) in [6.45, 7) is 0. The minimum Gasteiger partial charge on any atom is -0.298 e. The van der Waals surface area contributed by atoms with Gasteiger partial charge in [0.1, 0.15) is 11.3 Å². The van der Waals surface area contributed by atoms with Crippen molar-refractivity contribution in [3.8, 4) is 0 Å². The van der Waals surface area contributed by atoms with Crippen LogP contribution in [0.15, 0.2) is 12.3 Å². The summed E-state index contributed by atoms with van der Waals surface area (Å²) in [6, 6.07) is 1.07. The number of pyridine rings is 1. The van der Waals surface area contributed by atoms with E-state index in [1.165, 1.54) is 0 Å². The maximum Gasteiger partial charge on any atom is 0.288 e. The second kappa shape index (κ2) is 3.27. The fourth-order valence-electron chi connectivity index (χ4n) is 0.636. The Morgan fingerprint density at radius 3 is 2.83 bits per heavy atom. The fraction of sp³-hybridized carbons (Fsp3) is 0. The molecule has 0 unspecified atom stereocenters. The fourth-order valence-corrected chi connectivity index (χ4v) is 0.784. The average molecular weight is 187 g/mol. The first-order valence-electron chi connectivity index (χ1n) is 2.90. The molecule has 1 aromatic rings. The zero-order chi connectivity index (χ0) is 9.14. The van der Waals surface area contributed by atoms with Crippen molar-refractivity contribution in [1.29, 1.82) is 0 Å². The number of hydrogen-bond acceptors (Lipinski definition) is 4. The summed E-state index contributed by atoms with van der Waals surface area (Å²) in [7, 11) is 0. The van der Waals surface area contributed by atoms with Crippen LogP contribution >= 0.6 is 11.6 Å². The van der Waals surface area contributed by atoms with E-state index in [9.17, 15) is 14.9 Å². The van der Waals surface area contributed by atoms with Crippen molar-refractivity contribution in [2.45, 2.75) is 0 Å². The molecular formula is C6H3ClN2O3. The van der Waals surface area contributed by atoms with Crippen molar-refractivity contribution in [3.05, 3.63) is 33.1 Å². The predicted octanol–water partition coefficient (Wildman–Crippen LogP) is 1.46. The van der Waals surface area contributed by atoms with Crippen LogP contribution in [0.4, 0.5) is 5.69 Å². The van der Waals surface area contributed by atoms with Crippen LogP contribution in [-0.4, -0.2) is 16.2 Å². The van der Waals surface area contributed by atoms with Gasteiger partial charge in [-0.1, -0.05) is 11.6 Å². The van der Waals surface area contributed by atoms with Gasteiger partial charge in [0.15, 0.2) is 6.29 Å².